The number of rotatable bonds is 4. The van der Waals surface area contributed by atoms with E-state index in [1.165, 1.54) is 24.1 Å². The van der Waals surface area contributed by atoms with Gasteiger partial charge in [-0.15, -0.1) is 0 Å². The van der Waals surface area contributed by atoms with E-state index >= 15 is 0 Å². The zero-order valence-electron chi connectivity index (χ0n) is 11.6. The first kappa shape index (κ1) is 12.3. The second-order valence-corrected chi connectivity index (χ2v) is 5.80. The van der Waals surface area contributed by atoms with E-state index in [2.05, 4.69) is 13.8 Å². The van der Waals surface area contributed by atoms with Crippen molar-refractivity contribution < 1.29 is 0 Å². The fourth-order valence-corrected chi connectivity index (χ4v) is 2.63. The molecule has 3 nitrogen and oxygen atoms in total. The van der Waals surface area contributed by atoms with Crippen molar-refractivity contribution >= 4 is 5.82 Å². The highest BCUT2D eigenvalue weighted by molar-refractivity contribution is 5.51. The van der Waals surface area contributed by atoms with Crippen molar-refractivity contribution in [2.45, 2.75) is 39.0 Å². The summed E-state index contributed by atoms with van der Waals surface area (Å²) in [6.07, 6.45) is 3.77. The Labute approximate surface area is 114 Å². The van der Waals surface area contributed by atoms with E-state index in [1.54, 1.807) is 0 Å². The topological polar surface area (TPSA) is 43.8 Å². The molecule has 0 amide bonds. The highest BCUT2D eigenvalue weighted by Gasteiger charge is 2.27. The number of hydrogen-bond acceptors (Lipinski definition) is 2. The normalized spacial score (nSPS) is 15.1. The van der Waals surface area contributed by atoms with Crippen LogP contribution in [0.15, 0.2) is 30.3 Å². The first-order valence-electron chi connectivity index (χ1n) is 7.09. The van der Waals surface area contributed by atoms with Gasteiger partial charge < -0.3 is 5.73 Å². The summed E-state index contributed by atoms with van der Waals surface area (Å²) >= 11 is 0. The molecule has 0 spiro atoms. The van der Waals surface area contributed by atoms with Crippen molar-refractivity contribution in [3.05, 3.63) is 41.6 Å². The van der Waals surface area contributed by atoms with E-state index < -0.39 is 0 Å². The summed E-state index contributed by atoms with van der Waals surface area (Å²) < 4.78 is 1.90. The van der Waals surface area contributed by atoms with Crippen molar-refractivity contribution in [1.82, 2.24) is 9.78 Å². The number of benzene rings is 1. The van der Waals surface area contributed by atoms with Crippen LogP contribution in [-0.2, 0) is 6.42 Å². The molecule has 2 N–H and O–H groups in total. The summed E-state index contributed by atoms with van der Waals surface area (Å²) in [5.74, 6) is 2.05. The molecule has 100 valence electrons. The number of nitrogen functional groups attached to an aromatic ring is 1. The zero-order valence-corrected chi connectivity index (χ0v) is 11.6. The molecule has 2 aromatic rings. The van der Waals surface area contributed by atoms with E-state index in [1.807, 2.05) is 35.0 Å². The van der Waals surface area contributed by atoms with Crippen LogP contribution in [-0.4, -0.2) is 9.78 Å². The number of hydrogen-bond donors (Lipinski definition) is 1. The van der Waals surface area contributed by atoms with Crippen LogP contribution < -0.4 is 5.73 Å². The quantitative estimate of drug-likeness (QED) is 0.908. The molecule has 0 bridgehead atoms. The number of anilines is 1. The lowest BCUT2D eigenvalue weighted by atomic mass is 10.00. The maximum absolute atomic E-state index is 6.33. The van der Waals surface area contributed by atoms with Crippen LogP contribution in [0, 0.1) is 5.92 Å². The monoisotopic (exact) mass is 255 g/mol. The molecule has 0 atom stereocenters. The Morgan fingerprint density at radius 2 is 1.95 bits per heavy atom. The van der Waals surface area contributed by atoms with Gasteiger partial charge >= 0.3 is 0 Å². The van der Waals surface area contributed by atoms with Crippen molar-refractivity contribution in [2.24, 2.45) is 5.92 Å². The van der Waals surface area contributed by atoms with Crippen LogP contribution in [0.1, 0.15) is 43.9 Å². The largest absolute Gasteiger partial charge is 0.383 e. The van der Waals surface area contributed by atoms with Crippen molar-refractivity contribution in [3.63, 3.8) is 0 Å². The van der Waals surface area contributed by atoms with Crippen LogP contribution in [0.4, 0.5) is 5.82 Å². The second-order valence-electron chi connectivity index (χ2n) is 5.80. The maximum Gasteiger partial charge on any atom is 0.130 e. The fraction of sp³-hybridized carbons (Fsp3) is 0.438. The maximum atomic E-state index is 6.33. The van der Waals surface area contributed by atoms with E-state index in [4.69, 9.17) is 10.8 Å². The van der Waals surface area contributed by atoms with E-state index in [-0.39, 0.29) is 0 Å². The lowest BCUT2D eigenvalue weighted by molar-refractivity contribution is 0.750. The second kappa shape index (κ2) is 4.72. The van der Waals surface area contributed by atoms with Crippen LogP contribution in [0.5, 0.6) is 0 Å². The molecule has 1 heterocycles. The molecule has 0 aliphatic heterocycles. The lowest BCUT2D eigenvalue weighted by Gasteiger charge is -2.07. The Kier molecular flexibility index (Phi) is 3.05. The lowest BCUT2D eigenvalue weighted by Crippen LogP contribution is -2.03. The van der Waals surface area contributed by atoms with Crippen LogP contribution in [0.25, 0.3) is 5.69 Å². The van der Waals surface area contributed by atoms with Gasteiger partial charge in [0.25, 0.3) is 0 Å². The molecule has 3 rings (SSSR count). The van der Waals surface area contributed by atoms with Gasteiger partial charge in [0.15, 0.2) is 0 Å². The summed E-state index contributed by atoms with van der Waals surface area (Å²) in [6, 6.07) is 10.2. The van der Waals surface area contributed by atoms with Crippen molar-refractivity contribution in [2.75, 3.05) is 5.73 Å². The van der Waals surface area contributed by atoms with Gasteiger partial charge in [-0.05, 0) is 43.2 Å². The SMILES string of the molecule is CC(C)c1c(CC2CC2)nn(-c2ccccc2)c1N. The Balaban J connectivity index is 2.05. The Morgan fingerprint density at radius 3 is 2.53 bits per heavy atom. The standard InChI is InChI=1S/C16H21N3/c1-11(2)15-14(10-12-8-9-12)18-19(16(15)17)13-6-4-3-5-7-13/h3-7,11-12H,8-10,17H2,1-2H3. The number of nitrogens with two attached hydrogens (primary N) is 1. The molecular weight excluding hydrogens is 234 g/mol. The first-order valence-corrected chi connectivity index (χ1v) is 7.09. The minimum atomic E-state index is 0.422. The van der Waals surface area contributed by atoms with Gasteiger partial charge in [0.1, 0.15) is 5.82 Å². The van der Waals surface area contributed by atoms with Crippen LogP contribution in [0.3, 0.4) is 0 Å². The molecule has 1 aliphatic carbocycles. The average molecular weight is 255 g/mol. The van der Waals surface area contributed by atoms with Gasteiger partial charge in [-0.3, -0.25) is 0 Å². The third-order valence-electron chi connectivity index (χ3n) is 3.79. The molecule has 3 heteroatoms. The molecule has 1 fully saturated rings. The van der Waals surface area contributed by atoms with Gasteiger partial charge in [-0.25, -0.2) is 4.68 Å². The molecule has 1 saturated carbocycles. The predicted molar refractivity (Wildman–Crippen MR) is 78.5 cm³/mol. The molecule has 0 saturated heterocycles. The van der Waals surface area contributed by atoms with Gasteiger partial charge in [-0.1, -0.05) is 32.0 Å². The third-order valence-corrected chi connectivity index (χ3v) is 3.79. The smallest absolute Gasteiger partial charge is 0.130 e. The van der Waals surface area contributed by atoms with E-state index in [9.17, 15) is 0 Å². The number of nitrogens with zero attached hydrogens (tertiary/aromatic N) is 2. The van der Waals surface area contributed by atoms with Gasteiger partial charge in [0.2, 0.25) is 0 Å². The molecule has 1 aliphatic rings. The average Bonchev–Trinajstić information content (AvgIpc) is 3.13. The summed E-state index contributed by atoms with van der Waals surface area (Å²) in [7, 11) is 0. The molecule has 0 radical (unpaired) electrons. The minimum Gasteiger partial charge on any atom is -0.383 e. The highest BCUT2D eigenvalue weighted by Crippen LogP contribution is 2.36. The summed E-state index contributed by atoms with van der Waals surface area (Å²) in [6.45, 7) is 4.39. The molecule has 1 aromatic carbocycles. The first-order chi connectivity index (χ1) is 9.16. The van der Waals surface area contributed by atoms with Gasteiger partial charge in [-0.2, -0.15) is 5.10 Å². The third kappa shape index (κ3) is 2.37. The number of para-hydroxylation sites is 1. The molecule has 1 aromatic heterocycles. The van der Waals surface area contributed by atoms with Crippen LogP contribution >= 0.6 is 0 Å². The van der Waals surface area contributed by atoms with Crippen LogP contribution in [0.2, 0.25) is 0 Å². The highest BCUT2D eigenvalue weighted by atomic mass is 15.3. The van der Waals surface area contributed by atoms with E-state index in [0.29, 0.717) is 5.92 Å². The predicted octanol–water partition coefficient (Wildman–Crippen LogP) is 3.53. The Bertz CT molecular complexity index is 565. The summed E-state index contributed by atoms with van der Waals surface area (Å²) in [5, 5.41) is 4.77. The summed E-state index contributed by atoms with van der Waals surface area (Å²) in [4.78, 5) is 0. The fourth-order valence-electron chi connectivity index (χ4n) is 2.63. The molecule has 0 unspecified atom stereocenters. The minimum absolute atomic E-state index is 0.422. The summed E-state index contributed by atoms with van der Waals surface area (Å²) in [5.41, 5.74) is 9.80. The van der Waals surface area contributed by atoms with Crippen molar-refractivity contribution in [1.29, 1.82) is 0 Å². The Morgan fingerprint density at radius 1 is 1.26 bits per heavy atom. The zero-order chi connectivity index (χ0) is 13.4. The molecular formula is C16H21N3. The van der Waals surface area contributed by atoms with Gasteiger partial charge in [0.05, 0.1) is 11.4 Å². The van der Waals surface area contributed by atoms with Crippen molar-refractivity contribution in [3.8, 4) is 5.69 Å². The Hall–Kier alpha value is -1.77. The van der Waals surface area contributed by atoms with E-state index in [0.717, 1.165) is 23.8 Å². The van der Waals surface area contributed by atoms with Gasteiger partial charge in [0, 0.05) is 5.56 Å². The molecule has 19 heavy (non-hydrogen) atoms. The number of aromatic nitrogens is 2.